The van der Waals surface area contributed by atoms with E-state index in [9.17, 15) is 0 Å². The minimum absolute atomic E-state index is 0.645. The highest BCUT2D eigenvalue weighted by Crippen LogP contribution is 2.00. The zero-order valence-corrected chi connectivity index (χ0v) is 12.8. The molecule has 0 bridgehead atoms. The van der Waals surface area contributed by atoms with Crippen LogP contribution in [0, 0.1) is 0 Å². The van der Waals surface area contributed by atoms with Crippen LogP contribution in [0.15, 0.2) is 0 Å². The second kappa shape index (κ2) is 16.6. The van der Waals surface area contributed by atoms with Gasteiger partial charge in [-0.05, 0) is 12.8 Å². The summed E-state index contributed by atoms with van der Waals surface area (Å²) in [6.45, 7) is 4.19. The van der Waals surface area contributed by atoms with Crippen LogP contribution >= 0.6 is 27.5 Å². The molecule has 0 aromatic heterocycles. The van der Waals surface area contributed by atoms with Crippen LogP contribution in [0.1, 0.15) is 25.7 Å². The lowest BCUT2D eigenvalue weighted by Gasteiger charge is -2.06. The number of ether oxygens (including phenoxy) is 3. The van der Waals surface area contributed by atoms with Gasteiger partial charge in [-0.15, -0.1) is 11.6 Å². The molecule has 0 aromatic carbocycles. The van der Waals surface area contributed by atoms with E-state index in [4.69, 9.17) is 25.8 Å². The first-order chi connectivity index (χ1) is 8.41. The Morgan fingerprint density at radius 1 is 0.647 bits per heavy atom. The summed E-state index contributed by atoms with van der Waals surface area (Å²) >= 11 is 8.87. The molecule has 0 N–H and O–H groups in total. The van der Waals surface area contributed by atoms with Crippen LogP contribution in [0.4, 0.5) is 0 Å². The fourth-order valence-corrected chi connectivity index (χ4v) is 1.67. The largest absolute Gasteiger partial charge is 0.379 e. The van der Waals surface area contributed by atoms with E-state index in [1.807, 2.05) is 0 Å². The molecule has 0 unspecified atom stereocenters. The van der Waals surface area contributed by atoms with Crippen LogP contribution in [0.2, 0.25) is 0 Å². The van der Waals surface area contributed by atoms with E-state index >= 15 is 0 Å². The molecule has 0 aliphatic heterocycles. The molecule has 0 heterocycles. The maximum Gasteiger partial charge on any atom is 0.0701 e. The van der Waals surface area contributed by atoms with Crippen LogP contribution in [0.3, 0.4) is 0 Å². The van der Waals surface area contributed by atoms with Crippen molar-refractivity contribution in [1.29, 1.82) is 0 Å². The topological polar surface area (TPSA) is 27.7 Å². The summed E-state index contributed by atoms with van der Waals surface area (Å²) in [6.07, 6.45) is 4.63. The first-order valence-corrected chi connectivity index (χ1v) is 7.92. The van der Waals surface area contributed by atoms with E-state index in [2.05, 4.69) is 15.9 Å². The van der Waals surface area contributed by atoms with Crippen molar-refractivity contribution >= 4 is 27.5 Å². The van der Waals surface area contributed by atoms with Crippen molar-refractivity contribution in [2.75, 3.05) is 50.9 Å². The van der Waals surface area contributed by atoms with Gasteiger partial charge in [0, 0.05) is 17.8 Å². The molecule has 0 amide bonds. The fourth-order valence-electron chi connectivity index (χ4n) is 1.25. The van der Waals surface area contributed by atoms with Gasteiger partial charge in [0.15, 0.2) is 0 Å². The summed E-state index contributed by atoms with van der Waals surface area (Å²) in [4.78, 5) is 0. The van der Waals surface area contributed by atoms with Crippen molar-refractivity contribution in [3.63, 3.8) is 0 Å². The standard InChI is InChI=1S/C12H24BrClO3/c13-5-8-16-10-12-17-11-9-15-7-4-2-1-3-6-14/h1-12H2. The zero-order valence-electron chi connectivity index (χ0n) is 10.5. The molecule has 0 atom stereocenters. The van der Waals surface area contributed by atoms with Crippen LogP contribution < -0.4 is 0 Å². The summed E-state index contributed by atoms with van der Waals surface area (Å²) in [5.41, 5.74) is 0. The van der Waals surface area contributed by atoms with Crippen molar-refractivity contribution in [3.8, 4) is 0 Å². The minimum Gasteiger partial charge on any atom is -0.379 e. The lowest BCUT2D eigenvalue weighted by atomic mass is 10.2. The van der Waals surface area contributed by atoms with E-state index in [-0.39, 0.29) is 0 Å². The molecule has 0 saturated heterocycles. The molecule has 5 heteroatoms. The summed E-state index contributed by atoms with van der Waals surface area (Å²) < 4.78 is 16.0. The molecule has 0 aromatic rings. The van der Waals surface area contributed by atoms with Gasteiger partial charge in [-0.2, -0.15) is 0 Å². The van der Waals surface area contributed by atoms with Crippen LogP contribution in [-0.2, 0) is 14.2 Å². The Bertz CT molecular complexity index is 125. The van der Waals surface area contributed by atoms with E-state index in [1.54, 1.807) is 0 Å². The third kappa shape index (κ3) is 16.6. The van der Waals surface area contributed by atoms with E-state index in [0.29, 0.717) is 26.4 Å². The Labute approximate surface area is 118 Å². The van der Waals surface area contributed by atoms with Gasteiger partial charge >= 0.3 is 0 Å². The Morgan fingerprint density at radius 3 is 1.76 bits per heavy atom. The van der Waals surface area contributed by atoms with Gasteiger partial charge in [-0.1, -0.05) is 28.8 Å². The average Bonchev–Trinajstić information content (AvgIpc) is 2.35. The van der Waals surface area contributed by atoms with Crippen molar-refractivity contribution in [1.82, 2.24) is 0 Å². The summed E-state index contributed by atoms with van der Waals surface area (Å²) in [5, 5.41) is 0.875. The third-order valence-corrected chi connectivity index (χ3v) is 2.73. The molecule has 0 radical (unpaired) electrons. The molecule has 17 heavy (non-hydrogen) atoms. The maximum absolute atomic E-state index is 5.58. The molecule has 3 nitrogen and oxygen atoms in total. The van der Waals surface area contributed by atoms with Gasteiger partial charge in [0.2, 0.25) is 0 Å². The number of rotatable bonds is 14. The summed E-state index contributed by atoms with van der Waals surface area (Å²) in [6, 6.07) is 0. The van der Waals surface area contributed by atoms with E-state index in [1.165, 1.54) is 12.8 Å². The first-order valence-electron chi connectivity index (χ1n) is 6.27. The van der Waals surface area contributed by atoms with Crippen LogP contribution in [0.5, 0.6) is 0 Å². The molecule has 0 saturated carbocycles. The third-order valence-electron chi connectivity index (χ3n) is 2.14. The minimum atomic E-state index is 0.645. The SMILES string of the molecule is ClCCCCCCOCCOCCOCCBr. The molecule has 0 fully saturated rings. The lowest BCUT2D eigenvalue weighted by Crippen LogP contribution is -2.10. The van der Waals surface area contributed by atoms with Gasteiger partial charge < -0.3 is 14.2 Å². The molecule has 104 valence electrons. The fraction of sp³-hybridized carbons (Fsp3) is 1.00. The molecule has 0 aliphatic rings. The molecular formula is C12H24BrClO3. The zero-order chi connectivity index (χ0) is 12.6. The smallest absolute Gasteiger partial charge is 0.0701 e. The van der Waals surface area contributed by atoms with Crippen molar-refractivity contribution in [3.05, 3.63) is 0 Å². The van der Waals surface area contributed by atoms with Gasteiger partial charge in [0.1, 0.15) is 0 Å². The summed E-state index contributed by atoms with van der Waals surface area (Å²) in [5.74, 6) is 0.770. The van der Waals surface area contributed by atoms with Gasteiger partial charge in [-0.25, -0.2) is 0 Å². The average molecular weight is 332 g/mol. The van der Waals surface area contributed by atoms with Crippen LogP contribution in [-0.4, -0.2) is 50.9 Å². The van der Waals surface area contributed by atoms with Crippen LogP contribution in [0.25, 0.3) is 0 Å². The van der Waals surface area contributed by atoms with Crippen molar-refractivity contribution < 1.29 is 14.2 Å². The molecular weight excluding hydrogens is 307 g/mol. The van der Waals surface area contributed by atoms with E-state index in [0.717, 1.165) is 37.3 Å². The second-order valence-electron chi connectivity index (χ2n) is 3.63. The van der Waals surface area contributed by atoms with E-state index < -0.39 is 0 Å². The number of alkyl halides is 2. The van der Waals surface area contributed by atoms with Gasteiger partial charge in [0.25, 0.3) is 0 Å². The molecule has 0 spiro atoms. The predicted molar refractivity (Wildman–Crippen MR) is 75.4 cm³/mol. The van der Waals surface area contributed by atoms with Gasteiger partial charge in [0.05, 0.1) is 33.0 Å². The second-order valence-corrected chi connectivity index (χ2v) is 4.80. The summed E-state index contributed by atoms with van der Waals surface area (Å²) in [7, 11) is 0. The maximum atomic E-state index is 5.58. The monoisotopic (exact) mass is 330 g/mol. The van der Waals surface area contributed by atoms with Crippen molar-refractivity contribution in [2.24, 2.45) is 0 Å². The highest BCUT2D eigenvalue weighted by Gasteiger charge is 1.92. The predicted octanol–water partition coefficient (Wildman–Crippen LogP) is 3.23. The van der Waals surface area contributed by atoms with Crippen molar-refractivity contribution in [2.45, 2.75) is 25.7 Å². The lowest BCUT2D eigenvalue weighted by molar-refractivity contribution is 0.0168. The number of hydrogen-bond donors (Lipinski definition) is 0. The highest BCUT2D eigenvalue weighted by molar-refractivity contribution is 9.09. The highest BCUT2D eigenvalue weighted by atomic mass is 79.9. The number of hydrogen-bond acceptors (Lipinski definition) is 3. The van der Waals surface area contributed by atoms with Gasteiger partial charge in [-0.3, -0.25) is 0 Å². The Hall–Kier alpha value is 0.650. The normalized spacial score (nSPS) is 10.9. The Kier molecular flexibility index (Phi) is 17.3. The number of unbranched alkanes of at least 4 members (excludes halogenated alkanes) is 3. The molecule has 0 rings (SSSR count). The Morgan fingerprint density at radius 2 is 1.18 bits per heavy atom. The Balaban J connectivity index is 2.85. The quantitative estimate of drug-likeness (QED) is 0.361. The molecule has 0 aliphatic carbocycles. The number of halogens is 2. The first kappa shape index (κ1) is 17.6.